The molecule has 0 spiro atoms. The molecule has 20 heavy (non-hydrogen) atoms. The fraction of sp³-hybridized carbons (Fsp3) is 0.714. The van der Waals surface area contributed by atoms with Gasteiger partial charge in [-0.3, -0.25) is 24.1 Å². The molecule has 2 aliphatic heterocycles. The predicted molar refractivity (Wildman–Crippen MR) is 70.6 cm³/mol. The van der Waals surface area contributed by atoms with E-state index in [-0.39, 0.29) is 17.6 Å². The van der Waals surface area contributed by atoms with Gasteiger partial charge in [0.1, 0.15) is 0 Å². The lowest BCUT2D eigenvalue weighted by Crippen LogP contribution is -2.63. The molecule has 2 aliphatic rings. The van der Waals surface area contributed by atoms with Gasteiger partial charge >= 0.3 is 0 Å². The van der Waals surface area contributed by atoms with Crippen molar-refractivity contribution in [3.8, 4) is 0 Å². The number of rotatable bonds is 2. The lowest BCUT2D eigenvalue weighted by atomic mass is 9.88. The second-order valence-electron chi connectivity index (χ2n) is 5.50. The van der Waals surface area contributed by atoms with Gasteiger partial charge in [0.25, 0.3) is 5.91 Å². The number of carbonyl (C=O) groups is 4. The van der Waals surface area contributed by atoms with E-state index in [4.69, 9.17) is 0 Å². The highest BCUT2D eigenvalue weighted by atomic mass is 16.2. The Hall–Kier alpha value is -1.72. The smallest absolute Gasteiger partial charge is 0.262 e. The number of hydrogen-bond donors (Lipinski definition) is 0. The van der Waals surface area contributed by atoms with Gasteiger partial charge in [-0.1, -0.05) is 0 Å². The first-order valence-electron chi connectivity index (χ1n) is 7.05. The van der Waals surface area contributed by atoms with E-state index in [2.05, 4.69) is 0 Å². The topological polar surface area (TPSA) is 74.8 Å². The molecule has 0 radical (unpaired) electrons. The van der Waals surface area contributed by atoms with Gasteiger partial charge < -0.3 is 4.90 Å². The van der Waals surface area contributed by atoms with Crippen molar-refractivity contribution >= 4 is 23.5 Å². The highest BCUT2D eigenvalue weighted by molar-refractivity contribution is 6.16. The van der Waals surface area contributed by atoms with Gasteiger partial charge in [0.05, 0.1) is 0 Å². The number of amides is 3. The lowest BCUT2D eigenvalue weighted by Gasteiger charge is -2.38. The zero-order valence-electron chi connectivity index (χ0n) is 12.0. The summed E-state index contributed by atoms with van der Waals surface area (Å²) in [6.07, 6.45) is 2.77. The van der Waals surface area contributed by atoms with Gasteiger partial charge in [0.2, 0.25) is 11.8 Å². The first kappa shape index (κ1) is 14.7. The van der Waals surface area contributed by atoms with Crippen molar-refractivity contribution in [3.63, 3.8) is 0 Å². The van der Waals surface area contributed by atoms with Gasteiger partial charge in [0, 0.05) is 26.4 Å². The van der Waals surface area contributed by atoms with E-state index < -0.39 is 11.4 Å². The fourth-order valence-electron chi connectivity index (χ4n) is 3.23. The molecule has 2 saturated heterocycles. The number of hydrogen-bond acceptors (Lipinski definition) is 4. The van der Waals surface area contributed by atoms with Crippen LogP contribution in [0, 0.1) is 0 Å². The maximum absolute atomic E-state index is 12.8. The van der Waals surface area contributed by atoms with Crippen LogP contribution in [0.1, 0.15) is 46.0 Å². The Bertz CT molecular complexity index is 474. The summed E-state index contributed by atoms with van der Waals surface area (Å²) in [5, 5.41) is 0. The Labute approximate surface area is 118 Å². The molecule has 0 N–H and O–H groups in total. The third-order valence-corrected chi connectivity index (χ3v) is 4.27. The molecule has 2 heterocycles. The number of likely N-dealkylation sites (tertiary alicyclic amines) is 2. The maximum atomic E-state index is 12.8. The number of imide groups is 1. The fourth-order valence-corrected chi connectivity index (χ4v) is 3.23. The molecule has 0 aromatic heterocycles. The van der Waals surface area contributed by atoms with Crippen LogP contribution in [0.5, 0.6) is 0 Å². The van der Waals surface area contributed by atoms with Crippen LogP contribution in [0.4, 0.5) is 0 Å². The van der Waals surface area contributed by atoms with Crippen molar-refractivity contribution in [3.05, 3.63) is 0 Å². The Morgan fingerprint density at radius 3 is 2.30 bits per heavy atom. The molecule has 0 aliphatic carbocycles. The molecule has 2 fully saturated rings. The minimum Gasteiger partial charge on any atom is -0.322 e. The van der Waals surface area contributed by atoms with E-state index >= 15 is 0 Å². The quantitative estimate of drug-likeness (QED) is 0.545. The Kier molecular flexibility index (Phi) is 3.92. The molecule has 0 bridgehead atoms. The van der Waals surface area contributed by atoms with Gasteiger partial charge in [0.15, 0.2) is 11.3 Å². The van der Waals surface area contributed by atoms with E-state index in [0.29, 0.717) is 32.4 Å². The SMILES string of the molecule is CC(=O)N1CCCC1(C(C)=O)C(=O)N1CCCCC1=O. The average molecular weight is 280 g/mol. The Balaban J connectivity index is 2.37. The van der Waals surface area contributed by atoms with E-state index in [9.17, 15) is 19.2 Å². The molecular formula is C14H20N2O4. The first-order chi connectivity index (χ1) is 9.41. The monoisotopic (exact) mass is 280 g/mol. The van der Waals surface area contributed by atoms with Gasteiger partial charge in [-0.25, -0.2) is 0 Å². The van der Waals surface area contributed by atoms with Gasteiger partial charge in [-0.05, 0) is 32.6 Å². The molecule has 0 aromatic rings. The van der Waals surface area contributed by atoms with Crippen molar-refractivity contribution in [1.82, 2.24) is 9.80 Å². The lowest BCUT2D eigenvalue weighted by molar-refractivity contribution is -0.161. The van der Waals surface area contributed by atoms with Crippen molar-refractivity contribution in [2.24, 2.45) is 0 Å². The number of ketones is 1. The van der Waals surface area contributed by atoms with Crippen molar-refractivity contribution in [1.29, 1.82) is 0 Å². The summed E-state index contributed by atoms with van der Waals surface area (Å²) in [4.78, 5) is 51.1. The van der Waals surface area contributed by atoms with Crippen LogP contribution in [0.3, 0.4) is 0 Å². The van der Waals surface area contributed by atoms with E-state index in [1.807, 2.05) is 0 Å². The van der Waals surface area contributed by atoms with Crippen LogP contribution in [0.15, 0.2) is 0 Å². The minimum atomic E-state index is -1.46. The second kappa shape index (κ2) is 5.34. The summed E-state index contributed by atoms with van der Waals surface area (Å²) in [5.74, 6) is -1.40. The normalized spacial score (nSPS) is 26.8. The molecule has 6 heteroatoms. The van der Waals surface area contributed by atoms with Crippen LogP contribution in [0.25, 0.3) is 0 Å². The first-order valence-corrected chi connectivity index (χ1v) is 7.05. The molecule has 1 atom stereocenters. The summed E-state index contributed by atoms with van der Waals surface area (Å²) in [5.41, 5.74) is -1.46. The Morgan fingerprint density at radius 1 is 1.05 bits per heavy atom. The standard InChI is InChI=1S/C14H20N2O4/c1-10(17)14(7-5-9-16(14)11(2)18)13(20)15-8-4-3-6-12(15)19/h3-9H2,1-2H3. The van der Waals surface area contributed by atoms with Crippen LogP contribution in [-0.4, -0.2) is 51.9 Å². The number of nitrogens with zero attached hydrogens (tertiary/aromatic N) is 2. The molecule has 110 valence electrons. The zero-order chi connectivity index (χ0) is 14.9. The molecule has 0 saturated carbocycles. The predicted octanol–water partition coefficient (Wildman–Crippen LogP) is 0.496. The molecule has 6 nitrogen and oxygen atoms in total. The van der Waals surface area contributed by atoms with Crippen LogP contribution in [0.2, 0.25) is 0 Å². The van der Waals surface area contributed by atoms with Gasteiger partial charge in [-0.2, -0.15) is 0 Å². The van der Waals surface area contributed by atoms with Crippen LogP contribution >= 0.6 is 0 Å². The maximum Gasteiger partial charge on any atom is 0.262 e. The van der Waals surface area contributed by atoms with Gasteiger partial charge in [-0.15, -0.1) is 0 Å². The van der Waals surface area contributed by atoms with Crippen molar-refractivity contribution in [2.45, 2.75) is 51.5 Å². The molecule has 1 unspecified atom stereocenters. The summed E-state index contributed by atoms with van der Waals surface area (Å²) in [6, 6.07) is 0. The molecular weight excluding hydrogens is 260 g/mol. The number of Topliss-reactive ketones (excluding diaryl/α,β-unsaturated/α-hetero) is 1. The van der Waals surface area contributed by atoms with Crippen LogP contribution < -0.4 is 0 Å². The molecule has 2 rings (SSSR count). The third-order valence-electron chi connectivity index (χ3n) is 4.27. The van der Waals surface area contributed by atoms with E-state index in [0.717, 1.165) is 12.8 Å². The minimum absolute atomic E-state index is 0.239. The summed E-state index contributed by atoms with van der Waals surface area (Å²) in [6.45, 7) is 3.42. The molecule has 0 aromatic carbocycles. The largest absolute Gasteiger partial charge is 0.322 e. The van der Waals surface area contributed by atoms with Crippen molar-refractivity contribution in [2.75, 3.05) is 13.1 Å². The van der Waals surface area contributed by atoms with E-state index in [1.54, 1.807) is 0 Å². The second-order valence-corrected chi connectivity index (χ2v) is 5.50. The highest BCUT2D eigenvalue weighted by Crippen LogP contribution is 2.33. The van der Waals surface area contributed by atoms with E-state index in [1.165, 1.54) is 23.6 Å². The summed E-state index contributed by atoms with van der Waals surface area (Å²) < 4.78 is 0. The third kappa shape index (κ3) is 2.13. The van der Waals surface area contributed by atoms with Crippen LogP contribution in [-0.2, 0) is 19.2 Å². The molecule has 3 amide bonds. The summed E-state index contributed by atoms with van der Waals surface area (Å²) in [7, 11) is 0. The van der Waals surface area contributed by atoms with Crippen molar-refractivity contribution < 1.29 is 19.2 Å². The highest BCUT2D eigenvalue weighted by Gasteiger charge is 2.55. The average Bonchev–Trinajstić information content (AvgIpc) is 2.84. The Morgan fingerprint density at radius 2 is 1.75 bits per heavy atom. The zero-order valence-corrected chi connectivity index (χ0v) is 12.0. The number of carbonyl (C=O) groups excluding carboxylic acids is 4. The summed E-state index contributed by atoms with van der Waals surface area (Å²) >= 11 is 0. The number of piperidine rings is 1.